The Bertz CT molecular complexity index is 1170. The molecule has 2 N–H and O–H groups in total. The Hall–Kier alpha value is -2.88. The van der Waals surface area contributed by atoms with Crippen LogP contribution in [0.25, 0.3) is 23.1 Å². The number of hydrogen-bond donors (Lipinski definition) is 2. The molecule has 1 aromatic heterocycles. The van der Waals surface area contributed by atoms with Crippen LogP contribution in [-0.2, 0) is 14.8 Å². The third-order valence-electron chi connectivity index (χ3n) is 5.00. The van der Waals surface area contributed by atoms with E-state index in [2.05, 4.69) is 19.8 Å². The number of nitrogens with one attached hydrogen (secondary N) is 2. The molecule has 0 bridgehead atoms. The van der Waals surface area contributed by atoms with E-state index in [0.717, 1.165) is 61.3 Å². The smallest absolute Gasteiger partial charge is 0.229 e. The third-order valence-corrected chi connectivity index (χ3v) is 5.59. The molecule has 1 fully saturated rings. The van der Waals surface area contributed by atoms with Gasteiger partial charge in [0.2, 0.25) is 10.0 Å². The van der Waals surface area contributed by atoms with E-state index in [-0.39, 0.29) is 0 Å². The standard InChI is InChI=1S/C22H26N4O4S/c1-31(27,28)25-21-16-17(6-8-20-18-4-2-3-5-19(18)23-24-20)7-9-22(21)30-15-12-26-10-13-29-14-11-26/h2-9,16,25H,10-15H2,1H3,(H,23,24)/b8-6+. The van der Waals surface area contributed by atoms with Crippen molar-refractivity contribution in [3.63, 3.8) is 0 Å². The van der Waals surface area contributed by atoms with Gasteiger partial charge in [0, 0.05) is 25.0 Å². The first-order valence-electron chi connectivity index (χ1n) is 10.1. The average molecular weight is 443 g/mol. The van der Waals surface area contributed by atoms with E-state index in [4.69, 9.17) is 9.47 Å². The molecule has 31 heavy (non-hydrogen) atoms. The fourth-order valence-corrected chi connectivity index (χ4v) is 4.01. The molecule has 164 valence electrons. The number of ether oxygens (including phenoxy) is 2. The molecule has 8 nitrogen and oxygen atoms in total. The van der Waals surface area contributed by atoms with Crippen LogP contribution in [0.15, 0.2) is 42.5 Å². The highest BCUT2D eigenvalue weighted by Crippen LogP contribution is 2.28. The minimum absolute atomic E-state index is 0.415. The second kappa shape index (κ2) is 9.51. The predicted octanol–water partition coefficient (Wildman–Crippen LogP) is 2.82. The SMILES string of the molecule is CS(=O)(=O)Nc1cc(/C=C/c2n[nH]c3ccccc23)ccc1OCCN1CCOCC1. The van der Waals surface area contributed by atoms with Crippen molar-refractivity contribution in [2.75, 3.05) is 50.4 Å². The number of anilines is 1. The molecule has 9 heteroatoms. The number of benzene rings is 2. The van der Waals surface area contributed by atoms with Crippen molar-refractivity contribution in [1.82, 2.24) is 15.1 Å². The number of morpholine rings is 1. The zero-order chi connectivity index (χ0) is 21.7. The number of nitrogens with zero attached hydrogens (tertiary/aromatic N) is 2. The van der Waals surface area contributed by atoms with Crippen molar-refractivity contribution in [1.29, 1.82) is 0 Å². The van der Waals surface area contributed by atoms with E-state index in [9.17, 15) is 8.42 Å². The molecule has 1 saturated heterocycles. The fraction of sp³-hybridized carbons (Fsp3) is 0.318. The van der Waals surface area contributed by atoms with Crippen LogP contribution in [0.3, 0.4) is 0 Å². The second-order valence-corrected chi connectivity index (χ2v) is 9.17. The van der Waals surface area contributed by atoms with E-state index in [1.807, 2.05) is 42.5 Å². The number of para-hydroxylation sites is 1. The van der Waals surface area contributed by atoms with Crippen LogP contribution in [0.4, 0.5) is 5.69 Å². The molecular weight excluding hydrogens is 416 g/mol. The van der Waals surface area contributed by atoms with Crippen molar-refractivity contribution in [2.24, 2.45) is 0 Å². The van der Waals surface area contributed by atoms with Crippen LogP contribution in [-0.4, -0.2) is 69.2 Å². The first kappa shape index (κ1) is 21.4. The Morgan fingerprint density at radius 2 is 2.00 bits per heavy atom. The maximum absolute atomic E-state index is 11.9. The highest BCUT2D eigenvalue weighted by Gasteiger charge is 2.13. The lowest BCUT2D eigenvalue weighted by atomic mass is 10.1. The summed E-state index contributed by atoms with van der Waals surface area (Å²) in [4.78, 5) is 2.26. The quantitative estimate of drug-likeness (QED) is 0.557. The monoisotopic (exact) mass is 442 g/mol. The van der Waals surface area contributed by atoms with E-state index in [1.165, 1.54) is 0 Å². The molecule has 1 aliphatic rings. The van der Waals surface area contributed by atoms with E-state index in [0.29, 0.717) is 18.0 Å². The zero-order valence-electron chi connectivity index (χ0n) is 17.4. The minimum Gasteiger partial charge on any atom is -0.490 e. The molecule has 4 rings (SSSR count). The van der Waals surface area contributed by atoms with E-state index < -0.39 is 10.0 Å². The van der Waals surface area contributed by atoms with Crippen LogP contribution in [0.1, 0.15) is 11.3 Å². The largest absolute Gasteiger partial charge is 0.490 e. The van der Waals surface area contributed by atoms with Crippen molar-refractivity contribution >= 4 is 38.8 Å². The molecule has 0 atom stereocenters. The first-order chi connectivity index (χ1) is 15.0. The molecule has 1 aliphatic heterocycles. The number of aromatic nitrogens is 2. The molecule has 0 saturated carbocycles. The van der Waals surface area contributed by atoms with Gasteiger partial charge >= 0.3 is 0 Å². The summed E-state index contributed by atoms with van der Waals surface area (Å²) in [5, 5.41) is 8.36. The number of rotatable bonds is 8. The van der Waals surface area contributed by atoms with Gasteiger partial charge in [0.25, 0.3) is 0 Å². The number of hydrogen-bond acceptors (Lipinski definition) is 6. The number of fused-ring (bicyclic) bond motifs is 1. The Kier molecular flexibility index (Phi) is 6.55. The Labute approximate surface area is 181 Å². The molecule has 0 unspecified atom stereocenters. The summed E-state index contributed by atoms with van der Waals surface area (Å²) in [6.45, 7) is 4.44. The lowest BCUT2D eigenvalue weighted by molar-refractivity contribution is 0.0323. The maximum Gasteiger partial charge on any atom is 0.229 e. The molecule has 2 aromatic carbocycles. The van der Waals surface area contributed by atoms with Crippen LogP contribution < -0.4 is 9.46 Å². The Balaban J connectivity index is 1.50. The van der Waals surface area contributed by atoms with Crippen LogP contribution >= 0.6 is 0 Å². The molecule has 0 aliphatic carbocycles. The van der Waals surface area contributed by atoms with Gasteiger partial charge in [-0.25, -0.2) is 8.42 Å². The average Bonchev–Trinajstić information content (AvgIpc) is 3.16. The summed E-state index contributed by atoms with van der Waals surface area (Å²) >= 11 is 0. The highest BCUT2D eigenvalue weighted by molar-refractivity contribution is 7.92. The van der Waals surface area contributed by atoms with Gasteiger partial charge in [-0.3, -0.25) is 14.7 Å². The zero-order valence-corrected chi connectivity index (χ0v) is 18.2. The van der Waals surface area contributed by atoms with Gasteiger partial charge < -0.3 is 9.47 Å². The normalized spacial score (nSPS) is 15.5. The predicted molar refractivity (Wildman–Crippen MR) is 123 cm³/mol. The van der Waals surface area contributed by atoms with Gasteiger partial charge in [0.1, 0.15) is 12.4 Å². The van der Waals surface area contributed by atoms with Gasteiger partial charge in [-0.15, -0.1) is 0 Å². The van der Waals surface area contributed by atoms with Crippen LogP contribution in [0.2, 0.25) is 0 Å². The second-order valence-electron chi connectivity index (χ2n) is 7.42. The Morgan fingerprint density at radius 1 is 1.19 bits per heavy atom. The summed E-state index contributed by atoms with van der Waals surface area (Å²) in [5.41, 5.74) is 3.03. The van der Waals surface area contributed by atoms with Crippen molar-refractivity contribution in [3.05, 3.63) is 53.7 Å². The number of sulfonamides is 1. The summed E-state index contributed by atoms with van der Waals surface area (Å²) in [6, 6.07) is 13.3. The topological polar surface area (TPSA) is 96.5 Å². The number of H-pyrrole nitrogens is 1. The molecule has 2 heterocycles. The van der Waals surface area contributed by atoms with Gasteiger partial charge in [-0.05, 0) is 29.8 Å². The lowest BCUT2D eigenvalue weighted by Crippen LogP contribution is -2.38. The van der Waals surface area contributed by atoms with Crippen molar-refractivity contribution in [3.8, 4) is 5.75 Å². The summed E-state index contributed by atoms with van der Waals surface area (Å²) < 4.78 is 37.5. The van der Waals surface area contributed by atoms with E-state index in [1.54, 1.807) is 12.1 Å². The maximum atomic E-state index is 11.9. The van der Waals surface area contributed by atoms with Crippen LogP contribution in [0.5, 0.6) is 5.75 Å². The molecule has 3 aromatic rings. The summed E-state index contributed by atoms with van der Waals surface area (Å²) in [7, 11) is -3.45. The third kappa shape index (κ3) is 5.84. The fourth-order valence-electron chi connectivity index (χ4n) is 3.45. The Morgan fingerprint density at radius 3 is 2.81 bits per heavy atom. The summed E-state index contributed by atoms with van der Waals surface area (Å²) in [6.07, 6.45) is 4.92. The highest BCUT2D eigenvalue weighted by atomic mass is 32.2. The van der Waals surface area contributed by atoms with Gasteiger partial charge in [0.15, 0.2) is 0 Å². The first-order valence-corrected chi connectivity index (χ1v) is 12.0. The van der Waals surface area contributed by atoms with Crippen LogP contribution in [0, 0.1) is 0 Å². The molecule has 0 amide bonds. The molecule has 0 spiro atoms. The molecule has 0 radical (unpaired) electrons. The summed E-state index contributed by atoms with van der Waals surface area (Å²) in [5.74, 6) is 0.501. The van der Waals surface area contributed by atoms with Crippen molar-refractivity contribution < 1.29 is 17.9 Å². The van der Waals surface area contributed by atoms with Gasteiger partial charge in [0.05, 0.1) is 36.4 Å². The molecular formula is C22H26N4O4S. The lowest BCUT2D eigenvalue weighted by Gasteiger charge is -2.26. The van der Waals surface area contributed by atoms with Gasteiger partial charge in [-0.1, -0.05) is 30.3 Å². The van der Waals surface area contributed by atoms with Crippen molar-refractivity contribution in [2.45, 2.75) is 0 Å². The van der Waals surface area contributed by atoms with E-state index >= 15 is 0 Å². The number of aromatic amines is 1. The minimum atomic E-state index is -3.45. The van der Waals surface area contributed by atoms with Gasteiger partial charge in [-0.2, -0.15) is 5.10 Å².